The maximum Gasteiger partial charge on any atom is 0.123 e. The van der Waals surface area contributed by atoms with Crippen LogP contribution in [0.3, 0.4) is 0 Å². The predicted octanol–water partition coefficient (Wildman–Crippen LogP) is 1.99. The van der Waals surface area contributed by atoms with Crippen molar-refractivity contribution in [1.29, 1.82) is 0 Å². The molecule has 0 radical (unpaired) electrons. The molecule has 0 aliphatic heterocycles. The molecule has 1 aliphatic carbocycles. The van der Waals surface area contributed by atoms with E-state index in [2.05, 4.69) is 13.2 Å². The van der Waals surface area contributed by atoms with Gasteiger partial charge in [-0.25, -0.2) is 0 Å². The van der Waals surface area contributed by atoms with E-state index in [1.807, 2.05) is 0 Å². The van der Waals surface area contributed by atoms with E-state index in [1.54, 1.807) is 0 Å². The molecule has 0 bridgehead atoms. The van der Waals surface area contributed by atoms with Gasteiger partial charge in [0.25, 0.3) is 0 Å². The molecule has 12 heavy (non-hydrogen) atoms. The standard InChI is InChI=1S/C8H12O2.C2H4/c9-5-7-1-2-8(6-10)4-3-7;1-2/h5-8H,1-4H2;1-2H2. The molecule has 0 unspecified atom stereocenters. The second-order valence-electron chi connectivity index (χ2n) is 2.95. The number of carbonyl (C=O) groups excluding carboxylic acids is 2. The Morgan fingerprint density at radius 1 is 0.833 bits per heavy atom. The number of hydrogen-bond acceptors (Lipinski definition) is 2. The topological polar surface area (TPSA) is 34.1 Å². The molecule has 0 heterocycles. The molecule has 0 aromatic carbocycles. The molecule has 2 heteroatoms. The van der Waals surface area contributed by atoms with Gasteiger partial charge in [-0.05, 0) is 25.7 Å². The Morgan fingerprint density at radius 2 is 1.08 bits per heavy atom. The van der Waals surface area contributed by atoms with Crippen molar-refractivity contribution in [2.75, 3.05) is 0 Å². The second-order valence-corrected chi connectivity index (χ2v) is 2.95. The summed E-state index contributed by atoms with van der Waals surface area (Å²) in [4.78, 5) is 20.5. The van der Waals surface area contributed by atoms with Crippen LogP contribution in [0.2, 0.25) is 0 Å². The van der Waals surface area contributed by atoms with Crippen molar-refractivity contribution in [1.82, 2.24) is 0 Å². The lowest BCUT2D eigenvalue weighted by molar-refractivity contribution is -0.115. The fraction of sp³-hybridized carbons (Fsp3) is 0.600. The molecule has 0 N–H and O–H groups in total. The largest absolute Gasteiger partial charge is 0.303 e. The number of hydrogen-bond donors (Lipinski definition) is 0. The van der Waals surface area contributed by atoms with Crippen molar-refractivity contribution in [2.45, 2.75) is 25.7 Å². The van der Waals surface area contributed by atoms with E-state index in [1.165, 1.54) is 0 Å². The van der Waals surface area contributed by atoms with Gasteiger partial charge < -0.3 is 9.59 Å². The summed E-state index contributed by atoms with van der Waals surface area (Å²) in [5, 5.41) is 0. The smallest absolute Gasteiger partial charge is 0.123 e. The molecular weight excluding hydrogens is 152 g/mol. The molecule has 0 saturated heterocycles. The van der Waals surface area contributed by atoms with Gasteiger partial charge in [-0.15, -0.1) is 13.2 Å². The number of aldehydes is 2. The fourth-order valence-electron chi connectivity index (χ4n) is 1.42. The minimum absolute atomic E-state index is 0.233. The van der Waals surface area contributed by atoms with Crippen LogP contribution < -0.4 is 0 Å². The third kappa shape index (κ3) is 3.46. The van der Waals surface area contributed by atoms with Crippen LogP contribution in [-0.4, -0.2) is 12.6 Å². The third-order valence-electron chi connectivity index (χ3n) is 2.20. The monoisotopic (exact) mass is 168 g/mol. The highest BCUT2D eigenvalue weighted by Gasteiger charge is 2.19. The van der Waals surface area contributed by atoms with Crippen molar-refractivity contribution < 1.29 is 9.59 Å². The molecule has 0 amide bonds. The molecule has 1 rings (SSSR count). The fourth-order valence-corrected chi connectivity index (χ4v) is 1.42. The van der Waals surface area contributed by atoms with Gasteiger partial charge in [-0.1, -0.05) is 0 Å². The van der Waals surface area contributed by atoms with Crippen molar-refractivity contribution in [3.05, 3.63) is 13.2 Å². The summed E-state index contributed by atoms with van der Waals surface area (Å²) in [6.45, 7) is 6.00. The normalized spacial score (nSPS) is 28.0. The summed E-state index contributed by atoms with van der Waals surface area (Å²) < 4.78 is 0. The molecular formula is C10H16O2. The first-order valence-electron chi connectivity index (χ1n) is 4.27. The number of carbonyl (C=O) groups is 2. The highest BCUT2D eigenvalue weighted by Crippen LogP contribution is 2.25. The first-order valence-corrected chi connectivity index (χ1v) is 4.27. The molecule has 0 aromatic heterocycles. The van der Waals surface area contributed by atoms with E-state index in [9.17, 15) is 9.59 Å². The first kappa shape index (κ1) is 11.1. The zero-order valence-electron chi connectivity index (χ0n) is 7.37. The molecule has 1 aliphatic rings. The van der Waals surface area contributed by atoms with Crippen LogP contribution in [0, 0.1) is 11.8 Å². The van der Waals surface area contributed by atoms with Gasteiger partial charge in [-0.3, -0.25) is 0 Å². The van der Waals surface area contributed by atoms with Gasteiger partial charge in [-0.2, -0.15) is 0 Å². The van der Waals surface area contributed by atoms with Gasteiger partial charge in [0.2, 0.25) is 0 Å². The molecule has 0 spiro atoms. The van der Waals surface area contributed by atoms with Gasteiger partial charge in [0.05, 0.1) is 0 Å². The Balaban J connectivity index is 0.000000561. The van der Waals surface area contributed by atoms with Crippen molar-refractivity contribution >= 4 is 12.6 Å². The van der Waals surface area contributed by atoms with Gasteiger partial charge in [0, 0.05) is 11.8 Å². The Kier molecular flexibility index (Phi) is 6.25. The van der Waals surface area contributed by atoms with Crippen LogP contribution in [-0.2, 0) is 9.59 Å². The molecule has 0 atom stereocenters. The SMILES string of the molecule is C=C.O=CC1CCC(C=O)CC1. The summed E-state index contributed by atoms with van der Waals surface area (Å²) in [5.41, 5.74) is 0. The van der Waals surface area contributed by atoms with E-state index in [4.69, 9.17) is 0 Å². The summed E-state index contributed by atoms with van der Waals surface area (Å²) in [6.07, 6.45) is 5.67. The quantitative estimate of drug-likeness (QED) is 0.467. The summed E-state index contributed by atoms with van der Waals surface area (Å²) >= 11 is 0. The second kappa shape index (κ2) is 6.77. The molecule has 68 valence electrons. The minimum atomic E-state index is 0.233. The van der Waals surface area contributed by atoms with Crippen molar-refractivity contribution in [2.24, 2.45) is 11.8 Å². The maximum absolute atomic E-state index is 10.3. The molecule has 1 saturated carbocycles. The first-order chi connectivity index (χ1) is 5.86. The maximum atomic E-state index is 10.3. The van der Waals surface area contributed by atoms with E-state index >= 15 is 0 Å². The van der Waals surface area contributed by atoms with Crippen LogP contribution in [0.1, 0.15) is 25.7 Å². The van der Waals surface area contributed by atoms with Crippen molar-refractivity contribution in [3.8, 4) is 0 Å². The molecule has 2 nitrogen and oxygen atoms in total. The average molecular weight is 168 g/mol. The lowest BCUT2D eigenvalue weighted by atomic mass is 9.84. The van der Waals surface area contributed by atoms with Crippen LogP contribution in [0.25, 0.3) is 0 Å². The van der Waals surface area contributed by atoms with Gasteiger partial charge in [0.1, 0.15) is 12.6 Å². The predicted molar refractivity (Wildman–Crippen MR) is 48.8 cm³/mol. The van der Waals surface area contributed by atoms with E-state index in [0.29, 0.717) is 0 Å². The lowest BCUT2D eigenvalue weighted by Gasteiger charge is -2.20. The van der Waals surface area contributed by atoms with Crippen LogP contribution >= 0.6 is 0 Å². The Labute approximate surface area is 73.7 Å². The van der Waals surface area contributed by atoms with Crippen LogP contribution in [0.15, 0.2) is 13.2 Å². The summed E-state index contributed by atoms with van der Waals surface area (Å²) in [7, 11) is 0. The third-order valence-corrected chi connectivity index (χ3v) is 2.20. The zero-order valence-corrected chi connectivity index (χ0v) is 7.37. The van der Waals surface area contributed by atoms with Gasteiger partial charge >= 0.3 is 0 Å². The average Bonchev–Trinajstić information content (AvgIpc) is 2.21. The summed E-state index contributed by atoms with van der Waals surface area (Å²) in [5.74, 6) is 0.465. The minimum Gasteiger partial charge on any atom is -0.303 e. The van der Waals surface area contributed by atoms with Crippen LogP contribution in [0.4, 0.5) is 0 Å². The highest BCUT2D eigenvalue weighted by molar-refractivity contribution is 5.56. The summed E-state index contributed by atoms with van der Waals surface area (Å²) in [6, 6.07) is 0. The van der Waals surface area contributed by atoms with Crippen LogP contribution in [0.5, 0.6) is 0 Å². The lowest BCUT2D eigenvalue weighted by Crippen LogP contribution is -2.15. The van der Waals surface area contributed by atoms with Gasteiger partial charge in [0.15, 0.2) is 0 Å². The highest BCUT2D eigenvalue weighted by atomic mass is 16.1. The Bertz CT molecular complexity index is 119. The molecule has 0 aromatic rings. The Hall–Kier alpha value is -0.920. The van der Waals surface area contributed by atoms with E-state index in [0.717, 1.165) is 38.3 Å². The van der Waals surface area contributed by atoms with E-state index < -0.39 is 0 Å². The zero-order chi connectivity index (χ0) is 9.40. The number of rotatable bonds is 2. The van der Waals surface area contributed by atoms with Crippen molar-refractivity contribution in [3.63, 3.8) is 0 Å². The van der Waals surface area contributed by atoms with E-state index in [-0.39, 0.29) is 11.8 Å². The Morgan fingerprint density at radius 3 is 1.25 bits per heavy atom. The molecule has 1 fully saturated rings.